The summed E-state index contributed by atoms with van der Waals surface area (Å²) in [6, 6.07) is 18.1. The summed E-state index contributed by atoms with van der Waals surface area (Å²) in [7, 11) is -3.75. The van der Waals surface area contributed by atoms with Crippen molar-refractivity contribution in [3.8, 4) is 5.75 Å². The molecule has 226 valence electrons. The minimum Gasteiger partial charge on any atom is -0.494 e. The van der Waals surface area contributed by atoms with Gasteiger partial charge in [0, 0.05) is 42.8 Å². The van der Waals surface area contributed by atoms with Crippen molar-refractivity contribution in [2.75, 3.05) is 18.9 Å². The topological polar surface area (TPSA) is 109 Å². The molecule has 0 fully saturated rings. The van der Waals surface area contributed by atoms with Gasteiger partial charge in [-0.1, -0.05) is 31.9 Å². The summed E-state index contributed by atoms with van der Waals surface area (Å²) in [4.78, 5) is 13.0. The first-order chi connectivity index (χ1) is 19.8. The summed E-state index contributed by atoms with van der Waals surface area (Å²) >= 11 is 7.06. The molecule has 4 rings (SSSR count). The van der Waals surface area contributed by atoms with Crippen LogP contribution in [0.2, 0.25) is 0 Å². The van der Waals surface area contributed by atoms with E-state index in [1.807, 2.05) is 61.7 Å². The summed E-state index contributed by atoms with van der Waals surface area (Å²) < 4.78 is 35.9. The van der Waals surface area contributed by atoms with Crippen LogP contribution in [0.1, 0.15) is 40.0 Å². The third-order valence-electron chi connectivity index (χ3n) is 7.11. The van der Waals surface area contributed by atoms with E-state index in [9.17, 15) is 23.4 Å². The number of nitrogens with zero attached hydrogens (tertiary/aromatic N) is 2. The normalized spacial score (nSPS) is 13.0. The number of hydrogen-bond acceptors (Lipinski definition) is 5. The summed E-state index contributed by atoms with van der Waals surface area (Å²) in [5.41, 5.74) is 1.39. The fourth-order valence-electron chi connectivity index (χ4n) is 5.06. The van der Waals surface area contributed by atoms with Gasteiger partial charge in [-0.3, -0.25) is 0 Å². The van der Waals surface area contributed by atoms with Crippen LogP contribution in [0.15, 0.2) is 74.5 Å². The second-order valence-electron chi connectivity index (χ2n) is 11.4. The number of aromatic nitrogens is 1. The highest BCUT2D eigenvalue weighted by Crippen LogP contribution is 2.33. The number of amides is 1. The van der Waals surface area contributed by atoms with E-state index in [-0.39, 0.29) is 11.4 Å². The largest absolute Gasteiger partial charge is 0.494 e. The molecular formula is C31H36Br2N2O6S. The molecule has 42 heavy (non-hydrogen) atoms. The second kappa shape index (κ2) is 13.4. The molecule has 0 bridgehead atoms. The fraction of sp³-hybridized carbons (Fsp3) is 0.387. The van der Waals surface area contributed by atoms with Gasteiger partial charge >= 0.3 is 6.09 Å². The highest BCUT2D eigenvalue weighted by Gasteiger charge is 2.25. The van der Waals surface area contributed by atoms with Crippen LogP contribution in [0.3, 0.4) is 0 Å². The average molecular weight is 725 g/mol. The molecule has 0 aliphatic heterocycles. The van der Waals surface area contributed by atoms with E-state index in [0.29, 0.717) is 18.9 Å². The second-order valence-corrected chi connectivity index (χ2v) is 15.2. The van der Waals surface area contributed by atoms with Gasteiger partial charge in [-0.15, -0.1) is 0 Å². The van der Waals surface area contributed by atoms with Crippen LogP contribution in [-0.4, -0.2) is 64.7 Å². The van der Waals surface area contributed by atoms with Crippen molar-refractivity contribution in [2.24, 2.45) is 0 Å². The molecule has 1 aromatic heterocycles. The number of benzene rings is 3. The zero-order chi connectivity index (χ0) is 30.7. The molecule has 1 unspecified atom stereocenters. The van der Waals surface area contributed by atoms with Crippen molar-refractivity contribution in [2.45, 2.75) is 63.1 Å². The number of rotatable bonds is 12. The molecule has 1 heterocycles. The third kappa shape index (κ3) is 7.86. The fourth-order valence-corrected chi connectivity index (χ4v) is 7.14. The summed E-state index contributed by atoms with van der Waals surface area (Å²) in [5, 5.41) is 22.3. The van der Waals surface area contributed by atoms with Gasteiger partial charge in [0.05, 0.1) is 29.9 Å². The van der Waals surface area contributed by atoms with Crippen molar-refractivity contribution in [1.29, 1.82) is 0 Å². The Morgan fingerprint density at radius 3 is 2.02 bits per heavy atom. The first-order valence-corrected chi connectivity index (χ1v) is 17.0. The van der Waals surface area contributed by atoms with E-state index in [0.717, 1.165) is 50.0 Å². The van der Waals surface area contributed by atoms with Crippen molar-refractivity contribution in [3.63, 3.8) is 0 Å². The predicted molar refractivity (Wildman–Crippen MR) is 173 cm³/mol. The van der Waals surface area contributed by atoms with Crippen molar-refractivity contribution >= 4 is 69.6 Å². The Bertz CT molecular complexity index is 1600. The van der Waals surface area contributed by atoms with Crippen LogP contribution < -0.4 is 4.74 Å². The van der Waals surface area contributed by atoms with E-state index in [2.05, 4.69) is 31.9 Å². The van der Waals surface area contributed by atoms with Gasteiger partial charge in [0.1, 0.15) is 5.75 Å². The van der Waals surface area contributed by atoms with Gasteiger partial charge in [0.2, 0.25) is 0 Å². The lowest BCUT2D eigenvalue weighted by Gasteiger charge is -2.33. The van der Waals surface area contributed by atoms with Crippen LogP contribution in [0.5, 0.6) is 5.75 Å². The molecule has 0 radical (unpaired) electrons. The number of ether oxygens (including phenoxy) is 1. The monoisotopic (exact) mass is 722 g/mol. The lowest BCUT2D eigenvalue weighted by Crippen LogP contribution is -2.45. The van der Waals surface area contributed by atoms with Crippen LogP contribution in [0.4, 0.5) is 4.79 Å². The number of aliphatic hydroxyl groups excluding tert-OH is 1. The molecule has 11 heteroatoms. The van der Waals surface area contributed by atoms with Crippen molar-refractivity contribution in [3.05, 3.63) is 69.6 Å². The molecular weight excluding hydrogens is 688 g/mol. The van der Waals surface area contributed by atoms with E-state index in [1.54, 1.807) is 12.1 Å². The van der Waals surface area contributed by atoms with Crippen LogP contribution in [0, 0.1) is 0 Å². The highest BCUT2D eigenvalue weighted by atomic mass is 79.9. The van der Waals surface area contributed by atoms with E-state index in [1.165, 1.54) is 17.0 Å². The number of unbranched alkanes of at least 4 members (excludes halogenated alkanes) is 2. The van der Waals surface area contributed by atoms with Crippen molar-refractivity contribution in [1.82, 2.24) is 9.47 Å². The smallest absolute Gasteiger partial charge is 0.407 e. The Morgan fingerprint density at radius 1 is 0.929 bits per heavy atom. The third-order valence-corrected chi connectivity index (χ3v) is 9.91. The molecule has 3 aromatic carbocycles. The van der Waals surface area contributed by atoms with E-state index >= 15 is 0 Å². The van der Waals surface area contributed by atoms with Gasteiger partial charge in [-0.2, -0.15) is 0 Å². The number of aliphatic hydroxyl groups is 1. The maximum Gasteiger partial charge on any atom is 0.407 e. The standard InChI is InChI=1S/C31H36Br2N2O6S/c1-31(2,3)35(30(37)38)15-5-4-6-16-41-24-9-11-25(12-10-24)42(39,40)20-23(36)19-34-28-13-7-21(32)17-26(28)27-18-22(33)8-14-29(27)34/h7-14,17-18,23,36H,4-6,15-16,19-20H2,1-3H3,(H,37,38). The number of fused-ring (bicyclic) bond motifs is 3. The Morgan fingerprint density at radius 2 is 1.50 bits per heavy atom. The number of carbonyl (C=O) groups is 1. The molecule has 1 amide bonds. The zero-order valence-electron chi connectivity index (χ0n) is 23.9. The Labute approximate surface area is 263 Å². The quantitative estimate of drug-likeness (QED) is 0.147. The molecule has 0 saturated heterocycles. The van der Waals surface area contributed by atoms with Crippen LogP contribution >= 0.6 is 31.9 Å². The van der Waals surface area contributed by atoms with Gasteiger partial charge in [-0.25, -0.2) is 13.2 Å². The van der Waals surface area contributed by atoms with Gasteiger partial charge in [-0.05, 0) is 101 Å². The molecule has 2 N–H and O–H groups in total. The molecule has 0 spiro atoms. The number of carboxylic acid groups (broad SMARTS) is 1. The molecule has 1 atom stereocenters. The summed E-state index contributed by atoms with van der Waals surface area (Å²) in [6.07, 6.45) is 0.253. The maximum atomic E-state index is 13.1. The average Bonchev–Trinajstić information content (AvgIpc) is 3.18. The number of hydrogen-bond donors (Lipinski definition) is 2. The molecule has 0 saturated carbocycles. The first-order valence-electron chi connectivity index (χ1n) is 13.8. The molecule has 0 aliphatic carbocycles. The maximum absolute atomic E-state index is 13.1. The van der Waals surface area contributed by atoms with Gasteiger partial charge in [0.15, 0.2) is 9.84 Å². The minimum atomic E-state index is -3.75. The Kier molecular flexibility index (Phi) is 10.3. The van der Waals surface area contributed by atoms with Crippen LogP contribution in [-0.2, 0) is 16.4 Å². The molecule has 8 nitrogen and oxygen atoms in total. The van der Waals surface area contributed by atoms with Crippen molar-refractivity contribution < 1.29 is 28.2 Å². The Hall–Kier alpha value is -2.60. The number of sulfone groups is 1. The first kappa shape index (κ1) is 32.3. The number of halogens is 2. The SMILES string of the molecule is CC(C)(C)N(CCCCCOc1ccc(S(=O)(=O)CC(O)Cn2c3ccc(Br)cc3c3cc(Br)ccc32)cc1)C(=O)O. The summed E-state index contributed by atoms with van der Waals surface area (Å²) in [6.45, 7) is 6.66. The van der Waals surface area contributed by atoms with Gasteiger partial charge < -0.3 is 24.4 Å². The highest BCUT2D eigenvalue weighted by molar-refractivity contribution is 9.10. The minimum absolute atomic E-state index is 0.125. The lowest BCUT2D eigenvalue weighted by molar-refractivity contribution is 0.0987. The zero-order valence-corrected chi connectivity index (χ0v) is 27.9. The molecule has 0 aliphatic rings. The van der Waals surface area contributed by atoms with Crippen LogP contribution in [0.25, 0.3) is 21.8 Å². The lowest BCUT2D eigenvalue weighted by atomic mass is 10.1. The Balaban J connectivity index is 1.33. The molecule has 4 aromatic rings. The van der Waals surface area contributed by atoms with E-state index in [4.69, 9.17) is 4.74 Å². The van der Waals surface area contributed by atoms with E-state index < -0.39 is 33.3 Å². The van der Waals surface area contributed by atoms with Gasteiger partial charge in [0.25, 0.3) is 0 Å². The summed E-state index contributed by atoms with van der Waals surface area (Å²) in [5.74, 6) is 0.141. The predicted octanol–water partition coefficient (Wildman–Crippen LogP) is 7.48.